The number of nitro groups is 1. The van der Waals surface area contributed by atoms with E-state index in [-0.39, 0.29) is 5.69 Å². The van der Waals surface area contributed by atoms with E-state index in [0.717, 1.165) is 0 Å². The summed E-state index contributed by atoms with van der Waals surface area (Å²) in [5.74, 6) is 0.591. The van der Waals surface area contributed by atoms with Crippen LogP contribution in [0.15, 0.2) is 18.2 Å². The van der Waals surface area contributed by atoms with Crippen LogP contribution in [0, 0.1) is 10.1 Å². The van der Waals surface area contributed by atoms with Crippen molar-refractivity contribution in [2.75, 3.05) is 35.7 Å². The van der Waals surface area contributed by atoms with E-state index in [4.69, 9.17) is 0 Å². The molecule has 1 aromatic rings. The Kier molecular flexibility index (Phi) is 6.27. The van der Waals surface area contributed by atoms with E-state index >= 15 is 0 Å². The maximum absolute atomic E-state index is 11.1. The maximum atomic E-state index is 11.1. The van der Waals surface area contributed by atoms with Gasteiger partial charge in [-0.15, -0.1) is 0 Å². The molecule has 1 rings (SSSR count). The average Bonchev–Trinajstić information content (AvgIpc) is 2.34. The van der Waals surface area contributed by atoms with Crippen LogP contribution < -0.4 is 10.6 Å². The third-order valence-corrected chi connectivity index (χ3v) is 3.37. The van der Waals surface area contributed by atoms with E-state index in [1.54, 1.807) is 24.5 Å². The lowest BCUT2D eigenvalue weighted by molar-refractivity contribution is -0.383. The average molecular weight is 285 g/mol. The van der Waals surface area contributed by atoms with Crippen molar-refractivity contribution in [1.29, 1.82) is 0 Å². The number of nitrogens with zero attached hydrogens (tertiary/aromatic N) is 1. The van der Waals surface area contributed by atoms with Gasteiger partial charge in [-0.2, -0.15) is 0 Å². The van der Waals surface area contributed by atoms with Crippen LogP contribution in [0.3, 0.4) is 0 Å². The minimum atomic E-state index is -0.831. The zero-order chi connectivity index (χ0) is 14.3. The fourth-order valence-electron chi connectivity index (χ4n) is 1.71. The van der Waals surface area contributed by atoms with Crippen LogP contribution in [0.1, 0.15) is 13.3 Å². The van der Waals surface area contributed by atoms with Gasteiger partial charge < -0.3 is 10.6 Å². The second-order valence-corrected chi connectivity index (χ2v) is 5.60. The van der Waals surface area contributed by atoms with Crippen molar-refractivity contribution in [2.45, 2.75) is 13.3 Å². The molecule has 106 valence electrons. The quantitative estimate of drug-likeness (QED) is 0.434. The topological polar surface area (TPSA) is 84.3 Å². The lowest BCUT2D eigenvalue weighted by atomic mass is 10.2. The number of anilines is 2. The van der Waals surface area contributed by atoms with E-state index in [2.05, 4.69) is 10.6 Å². The molecule has 19 heavy (non-hydrogen) atoms. The summed E-state index contributed by atoms with van der Waals surface area (Å²) in [5, 5.41) is 17.1. The summed E-state index contributed by atoms with van der Waals surface area (Å²) < 4.78 is 10.9. The number of hydrogen-bond acceptors (Lipinski definition) is 5. The van der Waals surface area contributed by atoms with E-state index in [0.29, 0.717) is 36.6 Å². The predicted octanol–water partition coefficient (Wildman–Crippen LogP) is 2.21. The van der Waals surface area contributed by atoms with Gasteiger partial charge >= 0.3 is 5.69 Å². The van der Waals surface area contributed by atoms with Gasteiger partial charge in [-0.05, 0) is 25.5 Å². The van der Waals surface area contributed by atoms with Gasteiger partial charge in [0.05, 0.1) is 4.92 Å². The van der Waals surface area contributed by atoms with Crippen molar-refractivity contribution >= 4 is 27.9 Å². The van der Waals surface area contributed by atoms with E-state index in [1.165, 1.54) is 0 Å². The molecule has 0 bridgehead atoms. The fraction of sp³-hybridized carbons (Fsp3) is 0.500. The molecule has 2 N–H and O–H groups in total. The Balaban J connectivity index is 2.78. The lowest BCUT2D eigenvalue weighted by Gasteiger charge is -2.10. The van der Waals surface area contributed by atoms with Gasteiger partial charge in [-0.3, -0.25) is 14.3 Å². The molecule has 0 aliphatic rings. The summed E-state index contributed by atoms with van der Waals surface area (Å²) in [6, 6.07) is 5.14. The number of nitro benzene ring substituents is 1. The van der Waals surface area contributed by atoms with Crippen molar-refractivity contribution in [3.05, 3.63) is 28.3 Å². The second kappa shape index (κ2) is 7.73. The zero-order valence-electron chi connectivity index (χ0n) is 11.1. The fourth-order valence-corrected chi connectivity index (χ4v) is 2.27. The Bertz CT molecular complexity index is 466. The van der Waals surface area contributed by atoms with Crippen LogP contribution in [-0.4, -0.2) is 34.2 Å². The minimum absolute atomic E-state index is 0.0574. The highest BCUT2D eigenvalue weighted by atomic mass is 32.2. The second-order valence-electron chi connectivity index (χ2n) is 4.05. The van der Waals surface area contributed by atoms with Gasteiger partial charge in [0.2, 0.25) is 0 Å². The molecule has 6 nitrogen and oxygen atoms in total. The lowest BCUT2D eigenvalue weighted by Crippen LogP contribution is -2.09. The summed E-state index contributed by atoms with van der Waals surface area (Å²) >= 11 is 0. The highest BCUT2D eigenvalue weighted by Gasteiger charge is 2.18. The van der Waals surface area contributed by atoms with Crippen LogP contribution in [0.2, 0.25) is 0 Å². The molecule has 0 aromatic heterocycles. The molecule has 1 aromatic carbocycles. The van der Waals surface area contributed by atoms with Gasteiger partial charge in [0, 0.05) is 35.9 Å². The normalized spacial score (nSPS) is 11.9. The van der Waals surface area contributed by atoms with Crippen LogP contribution in [-0.2, 0) is 10.8 Å². The van der Waals surface area contributed by atoms with Crippen molar-refractivity contribution in [2.24, 2.45) is 0 Å². The third-order valence-electron chi connectivity index (χ3n) is 2.51. The Morgan fingerprint density at radius 2 is 1.95 bits per heavy atom. The largest absolute Gasteiger partial charge is 0.380 e. The number of benzene rings is 1. The maximum Gasteiger partial charge on any atom is 0.315 e. The first-order valence-corrected chi connectivity index (χ1v) is 7.84. The molecule has 0 saturated heterocycles. The Labute approximate surface area is 115 Å². The van der Waals surface area contributed by atoms with Crippen molar-refractivity contribution < 1.29 is 9.13 Å². The molecule has 7 heteroatoms. The Hall–Kier alpha value is -1.63. The van der Waals surface area contributed by atoms with E-state index in [9.17, 15) is 14.3 Å². The molecule has 0 heterocycles. The number of para-hydroxylation sites is 1. The van der Waals surface area contributed by atoms with Crippen molar-refractivity contribution in [3.63, 3.8) is 0 Å². The molecule has 0 spiro atoms. The minimum Gasteiger partial charge on any atom is -0.380 e. The molecule has 0 amide bonds. The summed E-state index contributed by atoms with van der Waals surface area (Å²) in [6.07, 6.45) is 2.36. The Morgan fingerprint density at radius 3 is 2.47 bits per heavy atom. The van der Waals surface area contributed by atoms with Gasteiger partial charge in [-0.25, -0.2) is 0 Å². The zero-order valence-corrected chi connectivity index (χ0v) is 12.0. The van der Waals surface area contributed by atoms with Gasteiger partial charge in [0.15, 0.2) is 0 Å². The number of hydrogen-bond donors (Lipinski definition) is 2. The molecular weight excluding hydrogens is 266 g/mol. The molecule has 1 atom stereocenters. The third kappa shape index (κ3) is 4.86. The smallest absolute Gasteiger partial charge is 0.315 e. The number of nitrogens with one attached hydrogen (secondary N) is 2. The van der Waals surface area contributed by atoms with Gasteiger partial charge in [-0.1, -0.05) is 6.07 Å². The molecule has 0 aliphatic heterocycles. The van der Waals surface area contributed by atoms with Gasteiger partial charge in [0.1, 0.15) is 11.4 Å². The first-order chi connectivity index (χ1) is 9.06. The number of rotatable bonds is 8. The highest BCUT2D eigenvalue weighted by Crippen LogP contribution is 2.32. The summed E-state index contributed by atoms with van der Waals surface area (Å²) in [6.45, 7) is 3.08. The molecule has 0 fully saturated rings. The van der Waals surface area contributed by atoms with Crippen LogP contribution in [0.4, 0.5) is 17.1 Å². The van der Waals surface area contributed by atoms with Crippen LogP contribution in [0.5, 0.6) is 0 Å². The SMILES string of the molecule is CCNc1cccc(NCCCS(C)=O)c1[N+](=O)[O-]. The molecule has 0 radical (unpaired) electrons. The summed E-state index contributed by atoms with van der Waals surface area (Å²) in [7, 11) is -0.831. The monoisotopic (exact) mass is 285 g/mol. The van der Waals surface area contributed by atoms with E-state index < -0.39 is 15.7 Å². The van der Waals surface area contributed by atoms with Crippen molar-refractivity contribution in [1.82, 2.24) is 0 Å². The van der Waals surface area contributed by atoms with Crippen molar-refractivity contribution in [3.8, 4) is 0 Å². The predicted molar refractivity (Wildman–Crippen MR) is 79.3 cm³/mol. The summed E-state index contributed by atoms with van der Waals surface area (Å²) in [4.78, 5) is 10.7. The van der Waals surface area contributed by atoms with Crippen LogP contribution in [0.25, 0.3) is 0 Å². The van der Waals surface area contributed by atoms with E-state index in [1.807, 2.05) is 6.92 Å². The highest BCUT2D eigenvalue weighted by molar-refractivity contribution is 7.84. The van der Waals surface area contributed by atoms with Crippen LogP contribution >= 0.6 is 0 Å². The standard InChI is InChI=1S/C12H19N3O3S/c1-3-13-10-6-4-7-11(12(10)15(16)17)14-8-5-9-19(2)18/h4,6-7,13-14H,3,5,8-9H2,1-2H3. The summed E-state index contributed by atoms with van der Waals surface area (Å²) in [5.41, 5.74) is 1.06. The first kappa shape index (κ1) is 15.4. The Morgan fingerprint density at radius 1 is 1.32 bits per heavy atom. The molecular formula is C12H19N3O3S. The molecule has 0 aliphatic carbocycles. The first-order valence-electron chi connectivity index (χ1n) is 6.11. The molecule has 0 saturated carbocycles. The van der Waals surface area contributed by atoms with Gasteiger partial charge in [0.25, 0.3) is 0 Å². The molecule has 1 unspecified atom stereocenters.